The average molecular weight is 282 g/mol. The number of hydrogen-bond donors (Lipinski definition) is 3. The minimum Gasteiger partial charge on any atom is -0.481 e. The molecule has 0 aliphatic rings. The number of hydrogen-bond acceptors (Lipinski definition) is 7. The highest BCUT2D eigenvalue weighted by Crippen LogP contribution is 2.28. The Balaban J connectivity index is 2.12. The SMILES string of the molecule is CC(Nc1nc(C(C)(C)C(=O)O)cs1)c1nn[nH]n1. The van der Waals surface area contributed by atoms with Crippen LogP contribution in [0.3, 0.4) is 0 Å². The zero-order chi connectivity index (χ0) is 14.0. The van der Waals surface area contributed by atoms with E-state index in [0.717, 1.165) is 0 Å². The lowest BCUT2D eigenvalue weighted by Crippen LogP contribution is -2.28. The number of tetrazole rings is 1. The predicted octanol–water partition coefficient (Wildman–Crippen LogP) is 1.19. The second-order valence-corrected chi connectivity index (χ2v) is 5.46. The van der Waals surface area contributed by atoms with Crippen LogP contribution in [0.1, 0.15) is 38.3 Å². The van der Waals surface area contributed by atoms with Gasteiger partial charge in [0, 0.05) is 5.38 Å². The van der Waals surface area contributed by atoms with E-state index >= 15 is 0 Å². The molecule has 19 heavy (non-hydrogen) atoms. The van der Waals surface area contributed by atoms with E-state index in [0.29, 0.717) is 16.6 Å². The Morgan fingerprint density at radius 1 is 1.58 bits per heavy atom. The van der Waals surface area contributed by atoms with Crippen molar-refractivity contribution in [3.63, 3.8) is 0 Å². The first kappa shape index (κ1) is 13.4. The molecule has 1 unspecified atom stereocenters. The summed E-state index contributed by atoms with van der Waals surface area (Å²) < 4.78 is 0. The largest absolute Gasteiger partial charge is 0.481 e. The maximum Gasteiger partial charge on any atom is 0.315 e. The summed E-state index contributed by atoms with van der Waals surface area (Å²) in [5.74, 6) is -0.384. The van der Waals surface area contributed by atoms with Gasteiger partial charge in [-0.3, -0.25) is 4.79 Å². The van der Waals surface area contributed by atoms with Crippen molar-refractivity contribution < 1.29 is 9.90 Å². The maximum atomic E-state index is 11.2. The number of nitrogens with one attached hydrogen (secondary N) is 2. The van der Waals surface area contributed by atoms with Crippen molar-refractivity contribution in [2.75, 3.05) is 5.32 Å². The van der Waals surface area contributed by atoms with Crippen molar-refractivity contribution in [1.29, 1.82) is 0 Å². The second-order valence-electron chi connectivity index (χ2n) is 4.60. The predicted molar refractivity (Wildman–Crippen MR) is 69.0 cm³/mol. The Kier molecular flexibility index (Phi) is 3.47. The maximum absolute atomic E-state index is 11.2. The van der Waals surface area contributed by atoms with E-state index in [2.05, 4.69) is 30.9 Å². The van der Waals surface area contributed by atoms with Crippen LogP contribution in [0.4, 0.5) is 5.13 Å². The fourth-order valence-corrected chi connectivity index (χ4v) is 2.31. The molecule has 2 aromatic rings. The smallest absolute Gasteiger partial charge is 0.315 e. The van der Waals surface area contributed by atoms with Crippen LogP contribution >= 0.6 is 11.3 Å². The lowest BCUT2D eigenvalue weighted by Gasteiger charge is -2.15. The van der Waals surface area contributed by atoms with Gasteiger partial charge in [0.05, 0.1) is 11.7 Å². The molecular formula is C10H14N6O2S. The summed E-state index contributed by atoms with van der Waals surface area (Å²) in [5.41, 5.74) is -0.487. The van der Waals surface area contributed by atoms with Crippen LogP contribution in [-0.4, -0.2) is 36.7 Å². The summed E-state index contributed by atoms with van der Waals surface area (Å²) in [6, 6.07) is -0.161. The van der Waals surface area contributed by atoms with Gasteiger partial charge in [-0.05, 0) is 20.8 Å². The quantitative estimate of drug-likeness (QED) is 0.754. The number of rotatable bonds is 5. The van der Waals surface area contributed by atoms with Crippen molar-refractivity contribution in [2.24, 2.45) is 0 Å². The third-order valence-corrected chi connectivity index (χ3v) is 3.54. The van der Waals surface area contributed by atoms with Crippen molar-refractivity contribution in [3.05, 3.63) is 16.9 Å². The number of carboxylic acids is 1. The summed E-state index contributed by atoms with van der Waals surface area (Å²) in [5, 5.41) is 28.2. The number of nitrogens with zero attached hydrogens (tertiary/aromatic N) is 4. The second kappa shape index (κ2) is 4.92. The minimum atomic E-state index is -1.01. The van der Waals surface area contributed by atoms with Gasteiger partial charge in [-0.25, -0.2) is 4.98 Å². The number of aromatic amines is 1. The third-order valence-electron chi connectivity index (χ3n) is 2.77. The van der Waals surface area contributed by atoms with Crippen LogP contribution in [0.2, 0.25) is 0 Å². The number of aromatic nitrogens is 5. The van der Waals surface area contributed by atoms with Crippen molar-refractivity contribution in [2.45, 2.75) is 32.2 Å². The van der Waals surface area contributed by atoms with Crippen LogP contribution in [0.15, 0.2) is 5.38 Å². The highest BCUT2D eigenvalue weighted by molar-refractivity contribution is 7.13. The van der Waals surface area contributed by atoms with Gasteiger partial charge in [0.2, 0.25) is 0 Å². The van der Waals surface area contributed by atoms with Crippen LogP contribution in [0.25, 0.3) is 0 Å². The number of thiazole rings is 1. The van der Waals surface area contributed by atoms with E-state index in [9.17, 15) is 4.79 Å². The number of aliphatic carboxylic acids is 1. The first-order valence-corrected chi connectivity index (χ1v) is 6.48. The normalized spacial score (nSPS) is 13.2. The number of carbonyl (C=O) groups is 1. The third kappa shape index (κ3) is 2.70. The van der Waals surface area contributed by atoms with Crippen LogP contribution < -0.4 is 5.32 Å². The fraction of sp³-hybridized carbons (Fsp3) is 0.500. The van der Waals surface area contributed by atoms with Gasteiger partial charge >= 0.3 is 5.97 Å². The van der Waals surface area contributed by atoms with E-state index in [4.69, 9.17) is 5.11 Å². The first-order valence-electron chi connectivity index (χ1n) is 5.60. The topological polar surface area (TPSA) is 117 Å². The molecule has 0 aliphatic heterocycles. The summed E-state index contributed by atoms with van der Waals surface area (Å²) in [6.45, 7) is 5.11. The van der Waals surface area contributed by atoms with E-state index in [-0.39, 0.29) is 6.04 Å². The van der Waals surface area contributed by atoms with Crippen LogP contribution in [0.5, 0.6) is 0 Å². The highest BCUT2D eigenvalue weighted by Gasteiger charge is 2.32. The van der Waals surface area contributed by atoms with Gasteiger partial charge in [0.15, 0.2) is 11.0 Å². The molecule has 0 bridgehead atoms. The Labute approximate surface area is 113 Å². The first-order chi connectivity index (χ1) is 8.91. The number of carboxylic acid groups (broad SMARTS) is 1. The molecule has 3 N–H and O–H groups in total. The molecule has 0 saturated carbocycles. The Bertz CT molecular complexity index is 564. The molecule has 1 atom stereocenters. The molecule has 2 rings (SSSR count). The zero-order valence-electron chi connectivity index (χ0n) is 10.7. The lowest BCUT2D eigenvalue weighted by atomic mass is 9.90. The number of anilines is 1. The molecule has 0 fully saturated rings. The van der Waals surface area contributed by atoms with Gasteiger partial charge < -0.3 is 10.4 Å². The highest BCUT2D eigenvalue weighted by atomic mass is 32.1. The van der Waals surface area contributed by atoms with Crippen molar-refractivity contribution in [1.82, 2.24) is 25.6 Å². The molecule has 0 aliphatic carbocycles. The summed E-state index contributed by atoms with van der Waals surface area (Å²) >= 11 is 1.35. The fourth-order valence-electron chi connectivity index (χ4n) is 1.34. The minimum absolute atomic E-state index is 0.161. The molecule has 2 aromatic heterocycles. The Morgan fingerprint density at radius 2 is 2.32 bits per heavy atom. The van der Waals surface area contributed by atoms with Gasteiger partial charge in [0.25, 0.3) is 0 Å². The molecule has 0 saturated heterocycles. The van der Waals surface area contributed by atoms with E-state index in [1.54, 1.807) is 19.2 Å². The molecule has 102 valence electrons. The van der Waals surface area contributed by atoms with E-state index in [1.165, 1.54) is 11.3 Å². The Morgan fingerprint density at radius 3 is 2.89 bits per heavy atom. The van der Waals surface area contributed by atoms with Gasteiger partial charge in [-0.1, -0.05) is 5.21 Å². The summed E-state index contributed by atoms with van der Waals surface area (Å²) in [6.07, 6.45) is 0. The molecule has 0 spiro atoms. The Hall–Kier alpha value is -2.03. The van der Waals surface area contributed by atoms with Gasteiger partial charge in [-0.2, -0.15) is 5.21 Å². The zero-order valence-corrected chi connectivity index (χ0v) is 11.5. The molecule has 2 heterocycles. The van der Waals surface area contributed by atoms with Crippen LogP contribution in [-0.2, 0) is 10.2 Å². The molecule has 0 radical (unpaired) electrons. The van der Waals surface area contributed by atoms with E-state index in [1.807, 2.05) is 6.92 Å². The summed E-state index contributed by atoms with van der Waals surface area (Å²) in [7, 11) is 0. The molecular weight excluding hydrogens is 268 g/mol. The molecule has 9 heteroatoms. The molecule has 8 nitrogen and oxygen atoms in total. The van der Waals surface area contributed by atoms with Crippen molar-refractivity contribution in [3.8, 4) is 0 Å². The van der Waals surface area contributed by atoms with Gasteiger partial charge in [-0.15, -0.1) is 21.5 Å². The molecule has 0 aromatic carbocycles. The van der Waals surface area contributed by atoms with Crippen molar-refractivity contribution >= 4 is 22.4 Å². The molecule has 0 amide bonds. The standard InChI is InChI=1S/C10H14N6O2S/c1-5(7-13-15-16-14-7)11-9-12-6(4-19-9)10(2,3)8(17)18/h4-5H,1-3H3,(H,11,12)(H,17,18)(H,13,14,15,16). The van der Waals surface area contributed by atoms with Crippen LogP contribution in [0, 0.1) is 0 Å². The van der Waals surface area contributed by atoms with Gasteiger partial charge in [0.1, 0.15) is 5.41 Å². The van der Waals surface area contributed by atoms with E-state index < -0.39 is 11.4 Å². The monoisotopic (exact) mass is 282 g/mol. The number of H-pyrrole nitrogens is 1. The summed E-state index contributed by atoms with van der Waals surface area (Å²) in [4.78, 5) is 15.4. The average Bonchev–Trinajstić information content (AvgIpc) is 2.99. The lowest BCUT2D eigenvalue weighted by molar-refractivity contribution is -0.142.